The van der Waals surface area contributed by atoms with E-state index in [0.29, 0.717) is 6.61 Å². The monoisotopic (exact) mass is 309 g/mol. The second-order valence-corrected chi connectivity index (χ2v) is 4.97. The molecule has 7 heteroatoms. The first-order valence-electron chi connectivity index (χ1n) is 6.66. The third-order valence-electron chi connectivity index (χ3n) is 2.73. The van der Waals surface area contributed by atoms with Crippen molar-refractivity contribution >= 4 is 23.2 Å². The lowest BCUT2D eigenvalue weighted by Gasteiger charge is -2.08. The highest BCUT2D eigenvalue weighted by Gasteiger charge is 2.10. The molecule has 0 bridgehead atoms. The Morgan fingerprint density at radius 2 is 2.24 bits per heavy atom. The first-order valence-corrected chi connectivity index (χ1v) is 7.43. The summed E-state index contributed by atoms with van der Waals surface area (Å²) >= 11 is 1.27. The summed E-state index contributed by atoms with van der Waals surface area (Å²) in [7, 11) is 0. The van der Waals surface area contributed by atoms with E-state index >= 15 is 0 Å². The molecule has 1 aromatic heterocycles. The smallest absolute Gasteiger partial charge is 0.325 e. The predicted octanol–water partition coefficient (Wildman–Crippen LogP) is 2.88. The number of aryl methyl sites for hydroxylation is 1. The van der Waals surface area contributed by atoms with Crippen LogP contribution in [0.1, 0.15) is 19.7 Å². The number of hydrogen-bond donors (Lipinski definition) is 1. The van der Waals surface area contributed by atoms with Gasteiger partial charge in [-0.1, -0.05) is 6.92 Å². The molecule has 0 aliphatic rings. The van der Waals surface area contributed by atoms with Gasteiger partial charge in [-0.2, -0.15) is 4.37 Å². The van der Waals surface area contributed by atoms with Gasteiger partial charge in [0.1, 0.15) is 23.2 Å². The van der Waals surface area contributed by atoms with E-state index in [0.717, 1.165) is 22.8 Å². The number of aromatic nitrogens is 2. The Morgan fingerprint density at radius 1 is 1.43 bits per heavy atom. The summed E-state index contributed by atoms with van der Waals surface area (Å²) in [6, 6.07) is 4.61. The Morgan fingerprint density at radius 3 is 2.90 bits per heavy atom. The average molecular weight is 309 g/mol. The number of hydrogen-bond acceptors (Lipinski definition) is 6. The lowest BCUT2D eigenvalue weighted by molar-refractivity contribution is -0.140. The van der Waals surface area contributed by atoms with Crippen LogP contribution in [0, 0.1) is 5.82 Å². The standard InChI is InChI=1S/C14H16FN3O2S/c1-3-12-17-14(21-18-12)9-5-6-10(15)11(7-9)16-8-13(19)20-4-2/h5-7,16H,3-4,8H2,1-2H3. The molecule has 2 rings (SSSR count). The molecule has 0 radical (unpaired) electrons. The highest BCUT2D eigenvalue weighted by atomic mass is 32.1. The minimum Gasteiger partial charge on any atom is -0.465 e. The first-order chi connectivity index (χ1) is 10.1. The van der Waals surface area contributed by atoms with E-state index in [-0.39, 0.29) is 12.2 Å². The van der Waals surface area contributed by atoms with Crippen molar-refractivity contribution in [1.82, 2.24) is 9.36 Å². The fourth-order valence-electron chi connectivity index (χ4n) is 1.69. The van der Waals surface area contributed by atoms with Crippen molar-refractivity contribution in [1.29, 1.82) is 0 Å². The average Bonchev–Trinajstić information content (AvgIpc) is 2.95. The number of ether oxygens (including phenoxy) is 1. The van der Waals surface area contributed by atoms with Crippen molar-refractivity contribution in [3.05, 3.63) is 29.8 Å². The van der Waals surface area contributed by atoms with Crippen LogP contribution in [-0.4, -0.2) is 28.5 Å². The normalized spacial score (nSPS) is 10.4. The molecule has 0 fully saturated rings. The molecule has 21 heavy (non-hydrogen) atoms. The predicted molar refractivity (Wildman–Crippen MR) is 79.8 cm³/mol. The third kappa shape index (κ3) is 3.98. The Balaban J connectivity index is 2.15. The first kappa shape index (κ1) is 15.4. The van der Waals surface area contributed by atoms with Crippen molar-refractivity contribution < 1.29 is 13.9 Å². The molecule has 0 spiro atoms. The number of rotatable bonds is 6. The van der Waals surface area contributed by atoms with Crippen LogP contribution in [0.3, 0.4) is 0 Å². The maximum atomic E-state index is 13.7. The Bertz CT molecular complexity index is 630. The quantitative estimate of drug-likeness (QED) is 0.831. The number of benzene rings is 1. The summed E-state index contributed by atoms with van der Waals surface area (Å²) in [6.07, 6.45) is 0.756. The van der Waals surface area contributed by atoms with Gasteiger partial charge in [-0.25, -0.2) is 9.37 Å². The Hall–Kier alpha value is -2.02. The zero-order valence-corrected chi connectivity index (χ0v) is 12.7. The maximum absolute atomic E-state index is 13.7. The van der Waals surface area contributed by atoms with Crippen LogP contribution in [0.25, 0.3) is 10.6 Å². The van der Waals surface area contributed by atoms with E-state index in [1.807, 2.05) is 6.92 Å². The molecule has 0 amide bonds. The second-order valence-electron chi connectivity index (χ2n) is 4.22. The SMILES string of the molecule is CCOC(=O)CNc1cc(-c2nc(CC)ns2)ccc1F. The fourth-order valence-corrected chi connectivity index (χ4v) is 2.43. The van der Waals surface area contributed by atoms with Crippen molar-refractivity contribution in [2.75, 3.05) is 18.5 Å². The minimum absolute atomic E-state index is 0.0788. The molecule has 112 valence electrons. The van der Waals surface area contributed by atoms with Crippen molar-refractivity contribution in [3.8, 4) is 10.6 Å². The molecular weight excluding hydrogens is 293 g/mol. The van der Waals surface area contributed by atoms with Gasteiger partial charge in [-0.3, -0.25) is 4.79 Å². The second kappa shape index (κ2) is 7.12. The topological polar surface area (TPSA) is 64.1 Å². The molecule has 1 aromatic carbocycles. The van der Waals surface area contributed by atoms with E-state index in [2.05, 4.69) is 14.7 Å². The van der Waals surface area contributed by atoms with Gasteiger partial charge in [0.05, 0.1) is 12.3 Å². The highest BCUT2D eigenvalue weighted by molar-refractivity contribution is 7.09. The summed E-state index contributed by atoms with van der Waals surface area (Å²) in [5.74, 6) is -0.0878. The fraction of sp³-hybridized carbons (Fsp3) is 0.357. The van der Waals surface area contributed by atoms with Gasteiger partial charge in [0.2, 0.25) is 0 Å². The van der Waals surface area contributed by atoms with Crippen LogP contribution in [-0.2, 0) is 16.0 Å². The number of nitrogens with one attached hydrogen (secondary N) is 1. The third-order valence-corrected chi connectivity index (χ3v) is 3.53. The van der Waals surface area contributed by atoms with Crippen LogP contribution in [0.2, 0.25) is 0 Å². The zero-order valence-electron chi connectivity index (χ0n) is 11.9. The van der Waals surface area contributed by atoms with Crippen LogP contribution in [0.15, 0.2) is 18.2 Å². The van der Waals surface area contributed by atoms with E-state index in [4.69, 9.17) is 4.74 Å². The van der Waals surface area contributed by atoms with E-state index < -0.39 is 11.8 Å². The Kier molecular flexibility index (Phi) is 5.21. The van der Waals surface area contributed by atoms with Crippen LogP contribution in [0.5, 0.6) is 0 Å². The van der Waals surface area contributed by atoms with E-state index in [9.17, 15) is 9.18 Å². The molecule has 0 unspecified atom stereocenters. The molecule has 0 atom stereocenters. The molecule has 1 heterocycles. The summed E-state index contributed by atoms with van der Waals surface area (Å²) < 4.78 is 22.7. The van der Waals surface area contributed by atoms with Gasteiger partial charge >= 0.3 is 5.97 Å². The van der Waals surface area contributed by atoms with Crippen molar-refractivity contribution in [2.24, 2.45) is 0 Å². The number of carbonyl (C=O) groups is 1. The van der Waals surface area contributed by atoms with Crippen molar-refractivity contribution in [2.45, 2.75) is 20.3 Å². The largest absolute Gasteiger partial charge is 0.465 e. The molecule has 0 saturated heterocycles. The zero-order chi connectivity index (χ0) is 15.2. The highest BCUT2D eigenvalue weighted by Crippen LogP contribution is 2.26. The van der Waals surface area contributed by atoms with Gasteiger partial charge < -0.3 is 10.1 Å². The molecule has 0 aliphatic heterocycles. The number of carbonyl (C=O) groups excluding carboxylic acids is 1. The maximum Gasteiger partial charge on any atom is 0.325 e. The lowest BCUT2D eigenvalue weighted by Crippen LogP contribution is -2.17. The summed E-state index contributed by atoms with van der Waals surface area (Å²) in [5, 5.41) is 3.46. The van der Waals surface area contributed by atoms with Gasteiger partial charge in [0.25, 0.3) is 0 Å². The number of halogens is 1. The molecular formula is C14H16FN3O2S. The van der Waals surface area contributed by atoms with E-state index in [1.54, 1.807) is 19.1 Å². The van der Waals surface area contributed by atoms with Crippen LogP contribution < -0.4 is 5.32 Å². The summed E-state index contributed by atoms with van der Waals surface area (Å²) in [4.78, 5) is 15.7. The van der Waals surface area contributed by atoms with Crippen LogP contribution in [0.4, 0.5) is 10.1 Å². The molecule has 0 saturated carbocycles. The van der Waals surface area contributed by atoms with Crippen molar-refractivity contribution in [3.63, 3.8) is 0 Å². The lowest BCUT2D eigenvalue weighted by atomic mass is 10.2. The summed E-state index contributed by atoms with van der Waals surface area (Å²) in [6.45, 7) is 3.92. The summed E-state index contributed by atoms with van der Waals surface area (Å²) in [5.41, 5.74) is 1.01. The van der Waals surface area contributed by atoms with Gasteiger partial charge in [-0.05, 0) is 36.7 Å². The number of nitrogens with zero attached hydrogens (tertiary/aromatic N) is 2. The molecule has 0 aliphatic carbocycles. The van der Waals surface area contributed by atoms with Gasteiger partial charge in [0.15, 0.2) is 0 Å². The van der Waals surface area contributed by atoms with Crippen LogP contribution >= 0.6 is 11.5 Å². The number of esters is 1. The molecule has 1 N–H and O–H groups in total. The molecule has 2 aromatic rings. The van der Waals surface area contributed by atoms with Gasteiger partial charge in [0, 0.05) is 12.0 Å². The minimum atomic E-state index is -0.428. The Labute approximate surface area is 126 Å². The van der Waals surface area contributed by atoms with E-state index in [1.165, 1.54) is 17.6 Å². The number of anilines is 1. The van der Waals surface area contributed by atoms with Gasteiger partial charge in [-0.15, -0.1) is 0 Å². The molecule has 5 nitrogen and oxygen atoms in total.